The minimum absolute atomic E-state index is 0.0988. The van der Waals surface area contributed by atoms with Gasteiger partial charge in [-0.2, -0.15) is 0 Å². The zero-order valence-corrected chi connectivity index (χ0v) is 13.4. The number of carbonyl (C=O) groups excluding carboxylic acids is 1. The van der Waals surface area contributed by atoms with Gasteiger partial charge in [-0.3, -0.25) is 9.59 Å². The van der Waals surface area contributed by atoms with Crippen molar-refractivity contribution >= 4 is 34.1 Å². The molecule has 1 heterocycles. The molecule has 0 unspecified atom stereocenters. The van der Waals surface area contributed by atoms with E-state index >= 15 is 0 Å². The Kier molecular flexibility index (Phi) is 4.48. The molecular weight excluding hydrogens is 308 g/mol. The summed E-state index contributed by atoms with van der Waals surface area (Å²) in [5.41, 5.74) is 1.21. The molecule has 0 atom stereocenters. The van der Waals surface area contributed by atoms with E-state index in [0.717, 1.165) is 15.8 Å². The standard InChI is InChI=1S/C18H16N2O2S/c1-12-8-17(21)19-10-16(12)20-18(22)11-23-15-7-6-13-4-2-3-5-14(13)9-15/h2-10H,11H2,1H3,(H,19,21)(H,20,22). The molecule has 0 bridgehead atoms. The molecule has 5 heteroatoms. The Hall–Kier alpha value is -2.53. The molecule has 0 fully saturated rings. The van der Waals surface area contributed by atoms with E-state index in [-0.39, 0.29) is 11.5 Å². The number of rotatable bonds is 4. The molecule has 1 amide bonds. The monoisotopic (exact) mass is 324 g/mol. The van der Waals surface area contributed by atoms with Gasteiger partial charge in [0, 0.05) is 17.2 Å². The number of hydrogen-bond acceptors (Lipinski definition) is 3. The second-order valence-electron chi connectivity index (χ2n) is 5.24. The van der Waals surface area contributed by atoms with Crippen LogP contribution >= 0.6 is 11.8 Å². The quantitative estimate of drug-likeness (QED) is 0.721. The molecule has 23 heavy (non-hydrogen) atoms. The number of aromatic amines is 1. The first-order valence-electron chi connectivity index (χ1n) is 7.22. The van der Waals surface area contributed by atoms with Crippen molar-refractivity contribution in [2.75, 3.05) is 11.1 Å². The van der Waals surface area contributed by atoms with Crippen LogP contribution in [0.3, 0.4) is 0 Å². The summed E-state index contributed by atoms with van der Waals surface area (Å²) in [6, 6.07) is 15.8. The van der Waals surface area contributed by atoms with Crippen molar-refractivity contribution < 1.29 is 4.79 Å². The topological polar surface area (TPSA) is 62.0 Å². The van der Waals surface area contributed by atoms with Crippen molar-refractivity contribution in [2.24, 2.45) is 0 Å². The lowest BCUT2D eigenvalue weighted by Gasteiger charge is -2.08. The second-order valence-corrected chi connectivity index (χ2v) is 6.29. The molecule has 0 spiro atoms. The van der Waals surface area contributed by atoms with E-state index in [1.54, 1.807) is 6.92 Å². The number of H-pyrrole nitrogens is 1. The van der Waals surface area contributed by atoms with Crippen LogP contribution < -0.4 is 10.9 Å². The lowest BCUT2D eigenvalue weighted by molar-refractivity contribution is -0.113. The number of nitrogens with one attached hydrogen (secondary N) is 2. The number of pyridine rings is 1. The summed E-state index contributed by atoms with van der Waals surface area (Å²) in [6.45, 7) is 1.79. The molecular formula is C18H16N2O2S. The Labute approximate surface area is 137 Å². The van der Waals surface area contributed by atoms with E-state index in [1.165, 1.54) is 29.4 Å². The number of aromatic nitrogens is 1. The van der Waals surface area contributed by atoms with Crippen LogP contribution in [0.1, 0.15) is 5.56 Å². The van der Waals surface area contributed by atoms with Crippen LogP contribution in [0.4, 0.5) is 5.69 Å². The first kappa shape index (κ1) is 15.4. The van der Waals surface area contributed by atoms with Crippen LogP contribution in [-0.2, 0) is 4.79 Å². The predicted molar refractivity (Wildman–Crippen MR) is 95.1 cm³/mol. The van der Waals surface area contributed by atoms with Crippen LogP contribution in [0.2, 0.25) is 0 Å². The maximum atomic E-state index is 12.1. The van der Waals surface area contributed by atoms with Gasteiger partial charge in [0.2, 0.25) is 11.5 Å². The first-order valence-corrected chi connectivity index (χ1v) is 8.21. The molecule has 1 aromatic heterocycles. The maximum absolute atomic E-state index is 12.1. The molecule has 116 valence electrons. The Morgan fingerprint density at radius 3 is 2.70 bits per heavy atom. The number of aryl methyl sites for hydroxylation is 1. The Morgan fingerprint density at radius 2 is 1.91 bits per heavy atom. The zero-order valence-electron chi connectivity index (χ0n) is 12.6. The lowest BCUT2D eigenvalue weighted by atomic mass is 10.1. The Balaban J connectivity index is 1.64. The highest BCUT2D eigenvalue weighted by atomic mass is 32.2. The van der Waals surface area contributed by atoms with E-state index in [4.69, 9.17) is 0 Å². The van der Waals surface area contributed by atoms with Gasteiger partial charge in [-0.25, -0.2) is 0 Å². The summed E-state index contributed by atoms with van der Waals surface area (Å²) in [6.07, 6.45) is 1.52. The molecule has 2 aromatic carbocycles. The normalized spacial score (nSPS) is 10.7. The number of hydrogen-bond donors (Lipinski definition) is 2. The average Bonchev–Trinajstić information content (AvgIpc) is 2.55. The molecule has 4 nitrogen and oxygen atoms in total. The molecule has 0 aliphatic rings. The van der Waals surface area contributed by atoms with Gasteiger partial charge in [0.25, 0.3) is 0 Å². The Morgan fingerprint density at radius 1 is 1.13 bits per heavy atom. The highest BCUT2D eigenvalue weighted by Crippen LogP contribution is 2.23. The summed E-state index contributed by atoms with van der Waals surface area (Å²) in [5.74, 6) is 0.218. The second kappa shape index (κ2) is 6.71. The third kappa shape index (κ3) is 3.81. The molecule has 2 N–H and O–H groups in total. The number of thioether (sulfide) groups is 1. The fourth-order valence-electron chi connectivity index (χ4n) is 2.30. The van der Waals surface area contributed by atoms with Gasteiger partial charge < -0.3 is 10.3 Å². The van der Waals surface area contributed by atoms with E-state index in [2.05, 4.69) is 34.6 Å². The van der Waals surface area contributed by atoms with Crippen molar-refractivity contribution in [1.82, 2.24) is 4.98 Å². The smallest absolute Gasteiger partial charge is 0.248 e. The Bertz CT molecular complexity index is 918. The number of fused-ring (bicyclic) bond motifs is 1. The third-order valence-corrected chi connectivity index (χ3v) is 4.49. The highest BCUT2D eigenvalue weighted by molar-refractivity contribution is 8.00. The van der Waals surface area contributed by atoms with Crippen molar-refractivity contribution in [2.45, 2.75) is 11.8 Å². The number of carbonyl (C=O) groups is 1. The van der Waals surface area contributed by atoms with Gasteiger partial charge >= 0.3 is 0 Å². The first-order chi connectivity index (χ1) is 11.1. The van der Waals surface area contributed by atoms with Crippen LogP contribution in [0.25, 0.3) is 10.8 Å². The minimum atomic E-state index is -0.175. The fraction of sp³-hybridized carbons (Fsp3) is 0.111. The van der Waals surface area contributed by atoms with Crippen molar-refractivity contribution in [3.05, 3.63) is 70.6 Å². The van der Waals surface area contributed by atoms with Crippen molar-refractivity contribution in [1.29, 1.82) is 0 Å². The molecule has 3 aromatic rings. The van der Waals surface area contributed by atoms with E-state index in [9.17, 15) is 9.59 Å². The molecule has 0 aliphatic carbocycles. The fourth-order valence-corrected chi connectivity index (χ4v) is 3.04. The van der Waals surface area contributed by atoms with E-state index in [1.807, 2.05) is 18.2 Å². The number of anilines is 1. The molecule has 0 aliphatic heterocycles. The van der Waals surface area contributed by atoms with Crippen molar-refractivity contribution in [3.8, 4) is 0 Å². The molecule has 0 saturated heterocycles. The summed E-state index contributed by atoms with van der Waals surface area (Å²) >= 11 is 1.49. The maximum Gasteiger partial charge on any atom is 0.248 e. The van der Waals surface area contributed by atoms with Crippen LogP contribution in [0, 0.1) is 6.92 Å². The summed E-state index contributed by atoms with van der Waals surface area (Å²) < 4.78 is 0. The van der Waals surface area contributed by atoms with E-state index < -0.39 is 0 Å². The lowest BCUT2D eigenvalue weighted by Crippen LogP contribution is -2.16. The van der Waals surface area contributed by atoms with Gasteiger partial charge in [-0.15, -0.1) is 11.8 Å². The molecule has 3 rings (SSSR count). The van der Waals surface area contributed by atoms with Crippen LogP contribution in [0.15, 0.2) is 64.4 Å². The van der Waals surface area contributed by atoms with Gasteiger partial charge in [0.1, 0.15) is 0 Å². The van der Waals surface area contributed by atoms with Crippen LogP contribution in [0.5, 0.6) is 0 Å². The summed E-state index contributed by atoms with van der Waals surface area (Å²) in [4.78, 5) is 26.9. The zero-order chi connectivity index (χ0) is 16.2. The van der Waals surface area contributed by atoms with Crippen molar-refractivity contribution in [3.63, 3.8) is 0 Å². The third-order valence-electron chi connectivity index (χ3n) is 3.50. The summed E-state index contributed by atoms with van der Waals surface area (Å²) in [5, 5.41) is 5.16. The van der Waals surface area contributed by atoms with Gasteiger partial charge in [-0.1, -0.05) is 30.3 Å². The van der Waals surface area contributed by atoms with Crippen LogP contribution in [-0.4, -0.2) is 16.6 Å². The molecule has 0 saturated carbocycles. The number of amides is 1. The molecule has 0 radical (unpaired) electrons. The van der Waals surface area contributed by atoms with E-state index in [0.29, 0.717) is 11.4 Å². The van der Waals surface area contributed by atoms with Gasteiger partial charge in [0.05, 0.1) is 11.4 Å². The minimum Gasteiger partial charge on any atom is -0.327 e. The number of benzene rings is 2. The largest absolute Gasteiger partial charge is 0.327 e. The average molecular weight is 324 g/mol. The SMILES string of the molecule is Cc1cc(=O)[nH]cc1NC(=O)CSc1ccc2ccccc2c1. The van der Waals surface area contributed by atoms with Gasteiger partial charge in [0.15, 0.2) is 0 Å². The highest BCUT2D eigenvalue weighted by Gasteiger charge is 2.06. The van der Waals surface area contributed by atoms with Gasteiger partial charge in [-0.05, 0) is 35.4 Å². The predicted octanol–water partition coefficient (Wildman–Crippen LogP) is 3.57. The summed E-state index contributed by atoms with van der Waals surface area (Å²) in [7, 11) is 0.